The topological polar surface area (TPSA) is 78.4 Å². The van der Waals surface area contributed by atoms with Crippen LogP contribution in [0.3, 0.4) is 0 Å². The molecule has 0 radical (unpaired) electrons. The molecule has 10 heteroatoms. The number of nitrogens with zero attached hydrogens (tertiary/aromatic N) is 4. The zero-order valence-electron chi connectivity index (χ0n) is 21.4. The average molecular weight is 573 g/mol. The summed E-state index contributed by atoms with van der Waals surface area (Å²) < 4.78 is 0. The van der Waals surface area contributed by atoms with Gasteiger partial charge in [0.2, 0.25) is 5.91 Å². The molecular weight excluding hydrogens is 541 g/mol. The van der Waals surface area contributed by atoms with Crippen molar-refractivity contribution in [2.24, 2.45) is 0 Å². The molecule has 3 aromatic rings. The maximum Gasteiger partial charge on any atom is 0.254 e. The summed E-state index contributed by atoms with van der Waals surface area (Å²) in [4.78, 5) is 38.4. The summed E-state index contributed by atoms with van der Waals surface area (Å²) in [6.07, 6.45) is 1.77. The van der Waals surface area contributed by atoms with Crippen molar-refractivity contribution in [2.75, 3.05) is 30.3 Å². The second-order valence-electron chi connectivity index (χ2n) is 9.41. The number of aryl methyl sites for hydroxylation is 1. The Kier molecular flexibility index (Phi) is 9.88. The van der Waals surface area contributed by atoms with Gasteiger partial charge in [-0.2, -0.15) is 0 Å². The molecule has 2 unspecified atom stereocenters. The van der Waals surface area contributed by atoms with E-state index in [0.717, 1.165) is 12.8 Å². The van der Waals surface area contributed by atoms with Gasteiger partial charge < -0.3 is 15.1 Å². The standard InChI is InChI=1S/C28H31Cl2N5O2S/c1-19(8-9-21-6-4-3-5-7-21)31-26(36)18-38-28-32-24(30)16-25(33-28)34-14-15-35(20(2)17-34)27(37)22-10-12-23(29)13-11-22/h3-7,10-13,16,19-20H,8-9,14-15,17-18H2,1-2H3,(H,31,36). The first-order valence-corrected chi connectivity index (χ1v) is 14.3. The molecule has 1 aliphatic heterocycles. The van der Waals surface area contributed by atoms with Gasteiger partial charge in [0.25, 0.3) is 5.91 Å². The molecule has 1 N–H and O–H groups in total. The number of piperazine rings is 1. The van der Waals surface area contributed by atoms with Gasteiger partial charge in [-0.1, -0.05) is 65.3 Å². The van der Waals surface area contributed by atoms with Crippen LogP contribution >= 0.6 is 35.0 Å². The van der Waals surface area contributed by atoms with Crippen LogP contribution in [0, 0.1) is 0 Å². The molecule has 0 saturated carbocycles. The van der Waals surface area contributed by atoms with E-state index in [1.165, 1.54) is 17.3 Å². The van der Waals surface area contributed by atoms with Crippen molar-refractivity contribution in [3.8, 4) is 0 Å². The number of rotatable bonds is 9. The largest absolute Gasteiger partial charge is 0.353 e. The summed E-state index contributed by atoms with van der Waals surface area (Å²) in [5.41, 5.74) is 1.87. The summed E-state index contributed by atoms with van der Waals surface area (Å²) >= 11 is 13.5. The summed E-state index contributed by atoms with van der Waals surface area (Å²) in [5.74, 6) is 0.808. The zero-order valence-corrected chi connectivity index (χ0v) is 23.8. The van der Waals surface area contributed by atoms with Crippen LogP contribution in [0.15, 0.2) is 65.8 Å². The number of hydrogen-bond acceptors (Lipinski definition) is 6. The molecule has 0 aliphatic carbocycles. The Morgan fingerprint density at radius 3 is 2.53 bits per heavy atom. The Balaban J connectivity index is 1.29. The van der Waals surface area contributed by atoms with Crippen LogP contribution in [0.1, 0.15) is 36.2 Å². The van der Waals surface area contributed by atoms with Gasteiger partial charge in [-0.15, -0.1) is 0 Å². The second-order valence-corrected chi connectivity index (χ2v) is 11.2. The maximum atomic E-state index is 13.0. The van der Waals surface area contributed by atoms with E-state index in [0.29, 0.717) is 46.3 Å². The lowest BCUT2D eigenvalue weighted by Gasteiger charge is -2.40. The monoisotopic (exact) mass is 571 g/mol. The van der Waals surface area contributed by atoms with Crippen LogP contribution in [-0.4, -0.2) is 64.2 Å². The van der Waals surface area contributed by atoms with Gasteiger partial charge in [0, 0.05) is 48.4 Å². The minimum Gasteiger partial charge on any atom is -0.353 e. The van der Waals surface area contributed by atoms with E-state index in [1.54, 1.807) is 30.3 Å². The highest BCUT2D eigenvalue weighted by atomic mass is 35.5. The first-order valence-electron chi connectivity index (χ1n) is 12.6. The molecule has 0 bridgehead atoms. The minimum absolute atomic E-state index is 0.0187. The Morgan fingerprint density at radius 2 is 1.82 bits per heavy atom. The van der Waals surface area contributed by atoms with Crippen LogP contribution in [0.2, 0.25) is 10.2 Å². The van der Waals surface area contributed by atoms with Crippen LogP contribution in [0.4, 0.5) is 5.82 Å². The van der Waals surface area contributed by atoms with E-state index in [1.807, 2.05) is 36.9 Å². The number of benzene rings is 2. The number of thioether (sulfide) groups is 1. The molecule has 2 aromatic carbocycles. The first-order chi connectivity index (χ1) is 18.3. The SMILES string of the molecule is CC(CCc1ccccc1)NC(=O)CSc1nc(Cl)cc(N2CCN(C(=O)c3ccc(Cl)cc3)C(C)C2)n1. The van der Waals surface area contributed by atoms with Crippen LogP contribution in [0.5, 0.6) is 0 Å². The molecule has 38 heavy (non-hydrogen) atoms. The predicted octanol–water partition coefficient (Wildman–Crippen LogP) is 5.36. The Hall–Kier alpha value is -2.81. The van der Waals surface area contributed by atoms with E-state index < -0.39 is 0 Å². The lowest BCUT2D eigenvalue weighted by Crippen LogP contribution is -2.54. The lowest BCUT2D eigenvalue weighted by molar-refractivity contribution is -0.119. The summed E-state index contributed by atoms with van der Waals surface area (Å²) in [6.45, 7) is 5.80. The van der Waals surface area contributed by atoms with E-state index >= 15 is 0 Å². The molecule has 2 heterocycles. The molecule has 0 spiro atoms. The van der Waals surface area contributed by atoms with Crippen molar-refractivity contribution in [3.63, 3.8) is 0 Å². The molecular formula is C28H31Cl2N5O2S. The van der Waals surface area contributed by atoms with E-state index in [4.69, 9.17) is 23.2 Å². The Labute approximate surface area is 237 Å². The molecule has 7 nitrogen and oxygen atoms in total. The summed E-state index contributed by atoms with van der Waals surface area (Å²) in [5, 5.41) is 4.42. The van der Waals surface area contributed by atoms with Crippen molar-refractivity contribution >= 4 is 52.6 Å². The number of hydrogen-bond donors (Lipinski definition) is 1. The molecule has 2 amide bonds. The number of amides is 2. The highest BCUT2D eigenvalue weighted by molar-refractivity contribution is 7.99. The fourth-order valence-electron chi connectivity index (χ4n) is 4.38. The van der Waals surface area contributed by atoms with Crippen LogP contribution in [0.25, 0.3) is 0 Å². The molecule has 2 atom stereocenters. The number of carbonyl (C=O) groups excluding carboxylic acids is 2. The van der Waals surface area contributed by atoms with Crippen molar-refractivity contribution < 1.29 is 9.59 Å². The van der Waals surface area contributed by atoms with E-state index in [2.05, 4.69) is 32.3 Å². The van der Waals surface area contributed by atoms with Crippen LogP contribution < -0.4 is 10.2 Å². The number of aromatic nitrogens is 2. The van der Waals surface area contributed by atoms with Crippen molar-refractivity contribution in [1.29, 1.82) is 0 Å². The third-order valence-electron chi connectivity index (χ3n) is 6.41. The van der Waals surface area contributed by atoms with Gasteiger partial charge in [-0.05, 0) is 56.5 Å². The highest BCUT2D eigenvalue weighted by Gasteiger charge is 2.29. The lowest BCUT2D eigenvalue weighted by atomic mass is 10.1. The summed E-state index contributed by atoms with van der Waals surface area (Å²) in [6, 6.07) is 18.9. The van der Waals surface area contributed by atoms with Crippen LogP contribution in [-0.2, 0) is 11.2 Å². The van der Waals surface area contributed by atoms with E-state index in [9.17, 15) is 9.59 Å². The number of carbonyl (C=O) groups is 2. The summed E-state index contributed by atoms with van der Waals surface area (Å²) in [7, 11) is 0. The zero-order chi connectivity index (χ0) is 27.1. The molecule has 4 rings (SSSR count). The smallest absolute Gasteiger partial charge is 0.254 e. The highest BCUT2D eigenvalue weighted by Crippen LogP contribution is 2.25. The molecule has 1 aliphatic rings. The average Bonchev–Trinajstić information content (AvgIpc) is 2.91. The first kappa shape index (κ1) is 28.2. The van der Waals surface area contributed by atoms with Gasteiger partial charge >= 0.3 is 0 Å². The molecule has 1 aromatic heterocycles. The third-order valence-corrected chi connectivity index (χ3v) is 7.71. The molecule has 1 fully saturated rings. The van der Waals surface area contributed by atoms with E-state index in [-0.39, 0.29) is 29.7 Å². The maximum absolute atomic E-state index is 13.0. The van der Waals surface area contributed by atoms with Gasteiger partial charge in [0.15, 0.2) is 5.16 Å². The number of halogens is 2. The fourth-order valence-corrected chi connectivity index (χ4v) is 5.40. The Morgan fingerprint density at radius 1 is 1.08 bits per heavy atom. The van der Waals surface area contributed by atoms with Crippen molar-refractivity contribution in [1.82, 2.24) is 20.2 Å². The molecule has 200 valence electrons. The minimum atomic E-state index is -0.0661. The number of anilines is 1. The second kappa shape index (κ2) is 13.3. The predicted molar refractivity (Wildman–Crippen MR) is 154 cm³/mol. The van der Waals surface area contributed by atoms with Gasteiger partial charge in [-0.3, -0.25) is 9.59 Å². The Bertz CT molecular complexity index is 1250. The van der Waals surface area contributed by atoms with Gasteiger partial charge in [0.1, 0.15) is 11.0 Å². The normalized spacial score (nSPS) is 16.3. The van der Waals surface area contributed by atoms with Crippen molar-refractivity contribution in [2.45, 2.75) is 43.9 Å². The third kappa shape index (κ3) is 7.85. The fraction of sp³-hybridized carbons (Fsp3) is 0.357. The van der Waals surface area contributed by atoms with Gasteiger partial charge in [0.05, 0.1) is 5.75 Å². The molecule has 1 saturated heterocycles. The van der Waals surface area contributed by atoms with Crippen molar-refractivity contribution in [3.05, 3.63) is 82.0 Å². The number of nitrogens with one attached hydrogen (secondary N) is 1. The quantitative estimate of drug-likeness (QED) is 0.211. The van der Waals surface area contributed by atoms with Gasteiger partial charge in [-0.25, -0.2) is 9.97 Å².